The smallest absolute Gasteiger partial charge is 0.305 e. The Labute approximate surface area is 122 Å². The van der Waals surface area contributed by atoms with E-state index in [-0.39, 0.29) is 18.4 Å². The molecule has 0 bridgehead atoms. The Balaban J connectivity index is 1.90. The van der Waals surface area contributed by atoms with Crippen LogP contribution in [0.1, 0.15) is 31.7 Å². The van der Waals surface area contributed by atoms with Crippen LogP contribution in [0.4, 0.5) is 0 Å². The molecule has 21 heavy (non-hydrogen) atoms. The van der Waals surface area contributed by atoms with Gasteiger partial charge in [-0.05, 0) is 12.0 Å². The second kappa shape index (κ2) is 6.88. The van der Waals surface area contributed by atoms with Gasteiger partial charge in [0.1, 0.15) is 0 Å². The van der Waals surface area contributed by atoms with E-state index in [1.54, 1.807) is 0 Å². The molecule has 1 amide bonds. The molecule has 1 aromatic rings. The highest BCUT2D eigenvalue weighted by Crippen LogP contribution is 2.17. The van der Waals surface area contributed by atoms with Gasteiger partial charge in [-0.25, -0.2) is 0 Å². The van der Waals surface area contributed by atoms with Crippen molar-refractivity contribution >= 4 is 17.6 Å². The minimum absolute atomic E-state index is 0.0959. The average molecular weight is 290 g/mol. The van der Waals surface area contributed by atoms with Crippen molar-refractivity contribution in [2.45, 2.75) is 38.3 Å². The predicted octanol–water partition coefficient (Wildman–Crippen LogP) is 1.55. The molecule has 0 spiro atoms. The van der Waals surface area contributed by atoms with Crippen LogP contribution in [0.2, 0.25) is 0 Å². The minimum atomic E-state index is -0.935. The van der Waals surface area contributed by atoms with Crippen LogP contribution in [0.3, 0.4) is 0 Å². The SMILES string of the molecule is CCC(CC(=O)O)NC(=O)C1CC(c2ccccc2)=NO1. The molecule has 0 saturated heterocycles. The van der Waals surface area contributed by atoms with Crippen molar-refractivity contribution in [3.05, 3.63) is 35.9 Å². The maximum Gasteiger partial charge on any atom is 0.305 e. The van der Waals surface area contributed by atoms with Gasteiger partial charge in [0.25, 0.3) is 5.91 Å². The summed E-state index contributed by atoms with van der Waals surface area (Å²) in [5.41, 5.74) is 1.65. The van der Waals surface area contributed by atoms with E-state index in [9.17, 15) is 9.59 Å². The molecule has 0 radical (unpaired) electrons. The van der Waals surface area contributed by atoms with Gasteiger partial charge in [0.2, 0.25) is 6.10 Å². The molecule has 1 aromatic carbocycles. The number of nitrogens with zero attached hydrogens (tertiary/aromatic N) is 1. The Morgan fingerprint density at radius 3 is 2.76 bits per heavy atom. The second-order valence-corrected chi connectivity index (χ2v) is 4.91. The zero-order valence-electron chi connectivity index (χ0n) is 11.8. The Morgan fingerprint density at radius 2 is 2.14 bits per heavy atom. The molecule has 0 aromatic heterocycles. The largest absolute Gasteiger partial charge is 0.481 e. The first-order valence-corrected chi connectivity index (χ1v) is 6.90. The highest BCUT2D eigenvalue weighted by atomic mass is 16.6. The van der Waals surface area contributed by atoms with Crippen LogP contribution in [0.15, 0.2) is 35.5 Å². The van der Waals surface area contributed by atoms with Crippen molar-refractivity contribution in [3.8, 4) is 0 Å². The number of hydrogen-bond acceptors (Lipinski definition) is 4. The number of oxime groups is 1. The normalized spacial score (nSPS) is 18.5. The van der Waals surface area contributed by atoms with Crippen LogP contribution < -0.4 is 5.32 Å². The third kappa shape index (κ3) is 4.05. The third-order valence-corrected chi connectivity index (χ3v) is 3.33. The zero-order chi connectivity index (χ0) is 15.2. The van der Waals surface area contributed by atoms with Gasteiger partial charge in [-0.15, -0.1) is 0 Å². The highest BCUT2D eigenvalue weighted by Gasteiger charge is 2.30. The van der Waals surface area contributed by atoms with Crippen LogP contribution in [-0.2, 0) is 14.4 Å². The first-order valence-electron chi connectivity index (χ1n) is 6.90. The molecule has 2 atom stereocenters. The lowest BCUT2D eigenvalue weighted by Gasteiger charge is -2.16. The lowest BCUT2D eigenvalue weighted by atomic mass is 10.0. The van der Waals surface area contributed by atoms with Crippen molar-refractivity contribution in [3.63, 3.8) is 0 Å². The first kappa shape index (κ1) is 15.0. The number of carbonyl (C=O) groups is 2. The Kier molecular flexibility index (Phi) is 4.92. The maximum absolute atomic E-state index is 12.1. The standard InChI is InChI=1S/C15H18N2O4/c1-2-11(8-14(18)19)16-15(20)13-9-12(17-21-13)10-6-4-3-5-7-10/h3-7,11,13H,2,8-9H2,1H3,(H,16,20)(H,18,19). The molecule has 112 valence electrons. The van der Waals surface area contributed by atoms with Crippen LogP contribution in [0.5, 0.6) is 0 Å². The van der Waals surface area contributed by atoms with Gasteiger partial charge in [-0.2, -0.15) is 0 Å². The number of benzene rings is 1. The fraction of sp³-hybridized carbons (Fsp3) is 0.400. The summed E-state index contributed by atoms with van der Waals surface area (Å²) in [4.78, 5) is 27.9. The number of nitrogens with one attached hydrogen (secondary N) is 1. The Hall–Kier alpha value is -2.37. The van der Waals surface area contributed by atoms with E-state index >= 15 is 0 Å². The summed E-state index contributed by atoms with van der Waals surface area (Å²) in [7, 11) is 0. The molecule has 1 aliphatic heterocycles. The Morgan fingerprint density at radius 1 is 1.43 bits per heavy atom. The molecule has 2 rings (SSSR count). The molecular weight excluding hydrogens is 272 g/mol. The van der Waals surface area contributed by atoms with Gasteiger partial charge in [0.05, 0.1) is 12.1 Å². The minimum Gasteiger partial charge on any atom is -0.481 e. The van der Waals surface area contributed by atoms with Crippen molar-refractivity contribution in [2.24, 2.45) is 5.16 Å². The van der Waals surface area contributed by atoms with E-state index in [1.165, 1.54) is 0 Å². The van der Waals surface area contributed by atoms with E-state index in [0.717, 1.165) is 11.3 Å². The van der Waals surface area contributed by atoms with Gasteiger partial charge in [0.15, 0.2) is 0 Å². The lowest BCUT2D eigenvalue weighted by molar-refractivity contribution is -0.138. The number of amides is 1. The molecule has 6 nitrogen and oxygen atoms in total. The number of hydrogen-bond donors (Lipinski definition) is 2. The van der Waals surface area contributed by atoms with E-state index < -0.39 is 12.1 Å². The topological polar surface area (TPSA) is 88.0 Å². The highest BCUT2D eigenvalue weighted by molar-refractivity contribution is 6.04. The zero-order valence-corrected chi connectivity index (χ0v) is 11.8. The summed E-state index contributed by atoms with van der Waals surface area (Å²) in [6, 6.07) is 9.11. The number of aliphatic carboxylic acids is 1. The van der Waals surface area contributed by atoms with E-state index in [2.05, 4.69) is 10.5 Å². The summed E-state index contributed by atoms with van der Waals surface area (Å²) in [5.74, 6) is -1.26. The van der Waals surface area contributed by atoms with Gasteiger partial charge in [-0.3, -0.25) is 9.59 Å². The second-order valence-electron chi connectivity index (χ2n) is 4.91. The van der Waals surface area contributed by atoms with Gasteiger partial charge >= 0.3 is 5.97 Å². The fourth-order valence-electron chi connectivity index (χ4n) is 2.12. The Bertz CT molecular complexity index is 542. The first-order chi connectivity index (χ1) is 10.1. The summed E-state index contributed by atoms with van der Waals surface area (Å²) < 4.78 is 0. The molecule has 1 aliphatic rings. The molecular formula is C15H18N2O4. The van der Waals surface area contributed by atoms with Crippen LogP contribution in [0, 0.1) is 0 Å². The molecule has 6 heteroatoms. The van der Waals surface area contributed by atoms with Gasteiger partial charge < -0.3 is 15.3 Å². The number of rotatable bonds is 6. The summed E-state index contributed by atoms with van der Waals surface area (Å²) in [6.45, 7) is 1.83. The summed E-state index contributed by atoms with van der Waals surface area (Å²) >= 11 is 0. The van der Waals surface area contributed by atoms with Crippen LogP contribution in [-0.4, -0.2) is 34.8 Å². The van der Waals surface area contributed by atoms with Gasteiger partial charge in [0, 0.05) is 12.5 Å². The third-order valence-electron chi connectivity index (χ3n) is 3.33. The number of carbonyl (C=O) groups excluding carboxylic acids is 1. The molecule has 0 saturated carbocycles. The van der Waals surface area contributed by atoms with Crippen molar-refractivity contribution in [1.29, 1.82) is 0 Å². The van der Waals surface area contributed by atoms with Crippen molar-refractivity contribution in [1.82, 2.24) is 5.32 Å². The van der Waals surface area contributed by atoms with Crippen molar-refractivity contribution < 1.29 is 19.5 Å². The maximum atomic E-state index is 12.1. The monoisotopic (exact) mass is 290 g/mol. The van der Waals surface area contributed by atoms with E-state index in [0.29, 0.717) is 12.8 Å². The van der Waals surface area contributed by atoms with Crippen LogP contribution >= 0.6 is 0 Å². The quantitative estimate of drug-likeness (QED) is 0.832. The van der Waals surface area contributed by atoms with E-state index in [4.69, 9.17) is 9.94 Å². The van der Waals surface area contributed by atoms with Gasteiger partial charge in [-0.1, -0.05) is 42.4 Å². The summed E-state index contributed by atoms with van der Waals surface area (Å²) in [5, 5.41) is 15.4. The predicted molar refractivity (Wildman–Crippen MR) is 76.9 cm³/mol. The molecule has 0 aliphatic carbocycles. The molecule has 2 unspecified atom stereocenters. The molecule has 0 fully saturated rings. The van der Waals surface area contributed by atoms with E-state index in [1.807, 2.05) is 37.3 Å². The average Bonchev–Trinajstić information content (AvgIpc) is 2.97. The lowest BCUT2D eigenvalue weighted by Crippen LogP contribution is -2.42. The number of carboxylic acid groups (broad SMARTS) is 1. The molecule has 1 heterocycles. The molecule has 2 N–H and O–H groups in total. The number of carboxylic acids is 1. The fourth-order valence-corrected chi connectivity index (χ4v) is 2.12. The summed E-state index contributed by atoms with van der Waals surface area (Å²) in [6.07, 6.45) is 0.153. The van der Waals surface area contributed by atoms with Crippen LogP contribution in [0.25, 0.3) is 0 Å². The van der Waals surface area contributed by atoms with Crippen molar-refractivity contribution in [2.75, 3.05) is 0 Å².